The summed E-state index contributed by atoms with van der Waals surface area (Å²) in [6.45, 7) is -3.00. The summed E-state index contributed by atoms with van der Waals surface area (Å²) in [5.41, 5.74) is 1.12. The van der Waals surface area contributed by atoms with Crippen LogP contribution in [0.1, 0.15) is 0 Å². The number of halogens is 2. The molecule has 2 aromatic rings. The van der Waals surface area contributed by atoms with Crippen molar-refractivity contribution in [2.75, 3.05) is 25.9 Å². The van der Waals surface area contributed by atoms with Crippen molar-refractivity contribution < 1.29 is 26.7 Å². The van der Waals surface area contributed by atoms with Gasteiger partial charge in [-0.2, -0.15) is 21.5 Å². The standard InChI is InChI=1S/C16H18F2N2O4S/c1-20(2)25(21,22)19-12-6-9-15(24-16(17)18)14(10-12)11-4-7-13(23-3)8-5-11/h4-10,16,19H,1-3H3. The largest absolute Gasteiger partial charge is 0.497 e. The first-order valence-electron chi connectivity index (χ1n) is 7.16. The van der Waals surface area contributed by atoms with E-state index in [0.29, 0.717) is 16.9 Å². The van der Waals surface area contributed by atoms with Crippen LogP contribution in [0, 0.1) is 0 Å². The molecule has 0 aliphatic carbocycles. The Bertz CT molecular complexity index is 825. The Morgan fingerprint density at radius 2 is 1.72 bits per heavy atom. The molecule has 2 aromatic carbocycles. The third-order valence-electron chi connectivity index (χ3n) is 3.32. The normalized spacial score (nSPS) is 11.6. The number of hydrogen-bond acceptors (Lipinski definition) is 4. The van der Waals surface area contributed by atoms with Gasteiger partial charge in [-0.15, -0.1) is 0 Å². The van der Waals surface area contributed by atoms with Gasteiger partial charge in [0.15, 0.2) is 0 Å². The van der Waals surface area contributed by atoms with Crippen LogP contribution in [0.4, 0.5) is 14.5 Å². The Morgan fingerprint density at radius 3 is 2.24 bits per heavy atom. The SMILES string of the molecule is COc1ccc(-c2cc(NS(=O)(=O)N(C)C)ccc2OC(F)F)cc1. The highest BCUT2D eigenvalue weighted by atomic mass is 32.2. The van der Waals surface area contributed by atoms with Gasteiger partial charge in [-0.05, 0) is 35.9 Å². The molecule has 1 N–H and O–H groups in total. The van der Waals surface area contributed by atoms with Gasteiger partial charge in [0.2, 0.25) is 0 Å². The van der Waals surface area contributed by atoms with E-state index in [1.807, 2.05) is 0 Å². The second kappa shape index (κ2) is 7.66. The van der Waals surface area contributed by atoms with Gasteiger partial charge in [0.05, 0.1) is 12.8 Å². The van der Waals surface area contributed by atoms with Gasteiger partial charge in [0.1, 0.15) is 11.5 Å². The van der Waals surface area contributed by atoms with E-state index in [9.17, 15) is 17.2 Å². The molecule has 6 nitrogen and oxygen atoms in total. The molecule has 0 saturated heterocycles. The van der Waals surface area contributed by atoms with Gasteiger partial charge in [0.25, 0.3) is 0 Å². The molecule has 2 rings (SSSR count). The van der Waals surface area contributed by atoms with Crippen LogP contribution in [0.25, 0.3) is 11.1 Å². The highest BCUT2D eigenvalue weighted by Crippen LogP contribution is 2.34. The van der Waals surface area contributed by atoms with Gasteiger partial charge in [-0.1, -0.05) is 12.1 Å². The summed E-state index contributed by atoms with van der Waals surface area (Å²) >= 11 is 0. The van der Waals surface area contributed by atoms with Crippen molar-refractivity contribution >= 4 is 15.9 Å². The number of anilines is 1. The predicted octanol–water partition coefficient (Wildman–Crippen LogP) is 3.18. The van der Waals surface area contributed by atoms with E-state index in [4.69, 9.17) is 4.74 Å². The van der Waals surface area contributed by atoms with Crippen molar-refractivity contribution in [3.63, 3.8) is 0 Å². The fourth-order valence-corrected chi connectivity index (χ4v) is 2.64. The van der Waals surface area contributed by atoms with Crippen LogP contribution in [-0.2, 0) is 10.2 Å². The quantitative estimate of drug-likeness (QED) is 0.811. The summed E-state index contributed by atoms with van der Waals surface area (Å²) in [6.07, 6.45) is 0. The fourth-order valence-electron chi connectivity index (χ4n) is 2.03. The average Bonchev–Trinajstić information content (AvgIpc) is 2.55. The number of benzene rings is 2. The van der Waals surface area contributed by atoms with Crippen LogP contribution >= 0.6 is 0 Å². The first kappa shape index (κ1) is 18.9. The summed E-state index contributed by atoms with van der Waals surface area (Å²) in [6, 6.07) is 10.7. The molecule has 0 spiro atoms. The molecule has 0 aromatic heterocycles. The predicted molar refractivity (Wildman–Crippen MR) is 91.3 cm³/mol. The first-order valence-corrected chi connectivity index (χ1v) is 8.60. The Kier molecular flexibility index (Phi) is 5.81. The molecule has 0 atom stereocenters. The van der Waals surface area contributed by atoms with E-state index in [1.165, 1.54) is 39.4 Å². The molecule has 0 aliphatic rings. The Balaban J connectivity index is 2.47. The van der Waals surface area contributed by atoms with Crippen molar-refractivity contribution in [1.29, 1.82) is 0 Å². The van der Waals surface area contributed by atoms with Crippen molar-refractivity contribution in [2.24, 2.45) is 0 Å². The summed E-state index contributed by atoms with van der Waals surface area (Å²) in [7, 11) is 0.540. The summed E-state index contributed by atoms with van der Waals surface area (Å²) < 4.78 is 62.2. The molecule has 0 radical (unpaired) electrons. The van der Waals surface area contributed by atoms with Gasteiger partial charge >= 0.3 is 16.8 Å². The lowest BCUT2D eigenvalue weighted by Gasteiger charge is -2.16. The molecule has 9 heteroatoms. The summed E-state index contributed by atoms with van der Waals surface area (Å²) in [5, 5.41) is 0. The smallest absolute Gasteiger partial charge is 0.387 e. The molecule has 25 heavy (non-hydrogen) atoms. The molecule has 0 unspecified atom stereocenters. The van der Waals surface area contributed by atoms with E-state index < -0.39 is 16.8 Å². The maximum atomic E-state index is 12.7. The number of alkyl halides is 2. The van der Waals surface area contributed by atoms with E-state index in [2.05, 4.69) is 9.46 Å². The maximum Gasteiger partial charge on any atom is 0.387 e. The van der Waals surface area contributed by atoms with E-state index in [1.54, 1.807) is 24.3 Å². The third kappa shape index (κ3) is 4.80. The van der Waals surface area contributed by atoms with Crippen LogP contribution in [0.3, 0.4) is 0 Å². The molecule has 0 aliphatic heterocycles. The lowest BCUT2D eigenvalue weighted by molar-refractivity contribution is -0.0494. The molecule has 0 saturated carbocycles. The highest BCUT2D eigenvalue weighted by molar-refractivity contribution is 7.90. The third-order valence-corrected chi connectivity index (χ3v) is 4.78. The molecule has 136 valence electrons. The zero-order chi connectivity index (χ0) is 18.6. The summed E-state index contributed by atoms with van der Waals surface area (Å²) in [5.74, 6) is 0.539. The van der Waals surface area contributed by atoms with Crippen molar-refractivity contribution in [2.45, 2.75) is 6.61 Å². The minimum atomic E-state index is -3.72. The average molecular weight is 372 g/mol. The molecule has 0 heterocycles. The number of hydrogen-bond donors (Lipinski definition) is 1. The minimum absolute atomic E-state index is 0.0621. The van der Waals surface area contributed by atoms with E-state index in [-0.39, 0.29) is 11.4 Å². The first-order chi connectivity index (χ1) is 11.7. The Hall–Kier alpha value is -2.39. The molecule has 0 amide bonds. The fraction of sp³-hybridized carbons (Fsp3) is 0.250. The van der Waals surface area contributed by atoms with Crippen LogP contribution in [0.5, 0.6) is 11.5 Å². The number of nitrogens with zero attached hydrogens (tertiary/aromatic N) is 1. The number of nitrogens with one attached hydrogen (secondary N) is 1. The van der Waals surface area contributed by atoms with E-state index in [0.717, 1.165) is 4.31 Å². The molecule has 0 fully saturated rings. The van der Waals surface area contributed by atoms with Gasteiger partial charge in [-0.25, -0.2) is 0 Å². The van der Waals surface area contributed by atoms with Crippen LogP contribution in [0.15, 0.2) is 42.5 Å². The van der Waals surface area contributed by atoms with Crippen molar-refractivity contribution in [3.05, 3.63) is 42.5 Å². The number of rotatable bonds is 7. The minimum Gasteiger partial charge on any atom is -0.497 e. The lowest BCUT2D eigenvalue weighted by Crippen LogP contribution is -2.28. The second-order valence-electron chi connectivity index (χ2n) is 5.21. The number of ether oxygens (including phenoxy) is 2. The van der Waals surface area contributed by atoms with Crippen LogP contribution in [0.2, 0.25) is 0 Å². The van der Waals surface area contributed by atoms with Gasteiger partial charge in [0, 0.05) is 19.7 Å². The van der Waals surface area contributed by atoms with Crippen LogP contribution < -0.4 is 14.2 Å². The van der Waals surface area contributed by atoms with Crippen molar-refractivity contribution in [3.8, 4) is 22.6 Å². The molecule has 0 bridgehead atoms. The Morgan fingerprint density at radius 1 is 1.08 bits per heavy atom. The lowest BCUT2D eigenvalue weighted by atomic mass is 10.0. The second-order valence-corrected chi connectivity index (χ2v) is 7.09. The Labute approximate surface area is 145 Å². The maximum absolute atomic E-state index is 12.7. The highest BCUT2D eigenvalue weighted by Gasteiger charge is 2.16. The van der Waals surface area contributed by atoms with Crippen LogP contribution in [-0.4, -0.2) is 40.5 Å². The zero-order valence-corrected chi connectivity index (χ0v) is 14.7. The molecular formula is C16H18F2N2O4S. The van der Waals surface area contributed by atoms with E-state index >= 15 is 0 Å². The van der Waals surface area contributed by atoms with Gasteiger partial charge < -0.3 is 9.47 Å². The summed E-state index contributed by atoms with van der Waals surface area (Å²) in [4.78, 5) is 0. The topological polar surface area (TPSA) is 67.9 Å². The van der Waals surface area contributed by atoms with Crippen molar-refractivity contribution in [1.82, 2.24) is 4.31 Å². The number of methoxy groups -OCH3 is 1. The zero-order valence-electron chi connectivity index (χ0n) is 13.9. The monoisotopic (exact) mass is 372 g/mol. The molecular weight excluding hydrogens is 354 g/mol. The van der Waals surface area contributed by atoms with Gasteiger partial charge in [-0.3, -0.25) is 4.72 Å².